The summed E-state index contributed by atoms with van der Waals surface area (Å²) in [5, 5.41) is 0. The first-order valence-corrected chi connectivity index (χ1v) is 27.7. The Hall–Kier alpha value is -3.67. The molecule has 0 spiro atoms. The first kappa shape index (κ1) is 63.3. The zero-order chi connectivity index (χ0) is 48.6. The van der Waals surface area contributed by atoms with Crippen LogP contribution < -0.4 is 0 Å². The van der Waals surface area contributed by atoms with Gasteiger partial charge in [-0.2, -0.15) is 0 Å². The minimum Gasteiger partial charge on any atom is -0.462 e. The molecule has 0 heterocycles. The molecule has 67 heavy (non-hydrogen) atoms. The van der Waals surface area contributed by atoms with Crippen LogP contribution in [0, 0.1) is 0 Å². The molecule has 0 fully saturated rings. The molecule has 0 radical (unpaired) electrons. The molecule has 0 rings (SSSR count). The van der Waals surface area contributed by atoms with Gasteiger partial charge < -0.3 is 14.2 Å². The van der Waals surface area contributed by atoms with E-state index in [0.717, 1.165) is 135 Å². The largest absolute Gasteiger partial charge is 0.462 e. The number of esters is 3. The van der Waals surface area contributed by atoms with E-state index in [1.165, 1.54) is 77.0 Å². The van der Waals surface area contributed by atoms with Crippen LogP contribution in [0.5, 0.6) is 0 Å². The Bertz CT molecular complexity index is 1350. The number of hydrogen-bond donors (Lipinski definition) is 0. The molecule has 0 aliphatic heterocycles. The van der Waals surface area contributed by atoms with Gasteiger partial charge in [0.1, 0.15) is 13.2 Å². The summed E-state index contributed by atoms with van der Waals surface area (Å²) >= 11 is 0. The smallest absolute Gasteiger partial charge is 0.306 e. The van der Waals surface area contributed by atoms with E-state index >= 15 is 0 Å². The first-order chi connectivity index (χ1) is 33.0. The monoisotopic (exact) mass is 931 g/mol. The maximum atomic E-state index is 12.8. The van der Waals surface area contributed by atoms with Crippen molar-refractivity contribution in [2.24, 2.45) is 0 Å². The van der Waals surface area contributed by atoms with Crippen molar-refractivity contribution < 1.29 is 28.6 Å². The minimum atomic E-state index is -0.790. The molecular weight excluding hydrogens is 829 g/mol. The fourth-order valence-corrected chi connectivity index (χ4v) is 7.48. The summed E-state index contributed by atoms with van der Waals surface area (Å²) < 4.78 is 16.8. The lowest BCUT2D eigenvalue weighted by atomic mass is 10.1. The highest BCUT2D eigenvalue weighted by Gasteiger charge is 2.19. The summed E-state index contributed by atoms with van der Waals surface area (Å²) in [6, 6.07) is 0. The molecule has 6 heteroatoms. The van der Waals surface area contributed by atoms with Crippen molar-refractivity contribution in [2.75, 3.05) is 13.2 Å². The fourth-order valence-electron chi connectivity index (χ4n) is 7.48. The summed E-state index contributed by atoms with van der Waals surface area (Å²) in [7, 11) is 0. The van der Waals surface area contributed by atoms with Gasteiger partial charge in [-0.3, -0.25) is 14.4 Å². The van der Waals surface area contributed by atoms with Gasteiger partial charge in [0.15, 0.2) is 6.10 Å². The second kappa shape index (κ2) is 54.9. The number of unbranched alkanes of at least 4 members (excludes halogenated alkanes) is 22. The number of rotatable bonds is 49. The number of carbonyl (C=O) groups is 3. The molecule has 0 saturated heterocycles. The average Bonchev–Trinajstić information content (AvgIpc) is 3.33. The maximum Gasteiger partial charge on any atom is 0.306 e. The Balaban J connectivity index is 4.41. The summed E-state index contributed by atoms with van der Waals surface area (Å²) in [6.07, 6.45) is 72.5. The standard InChI is InChI=1S/C61H102O6/c1-4-7-10-13-16-19-22-24-26-28-30-32-34-36-39-42-45-48-51-54-60(63)66-57-58(56-65-59(62)53-50-47-44-41-38-21-18-15-12-9-6-3)67-61(64)55-52-49-46-43-40-37-35-33-31-29-27-25-23-20-17-14-11-8-5-2/h7-8,10-11,16-17,19-20,24-27,30-33,58H,4-6,9,12-15,18,21-23,28-29,34-57H2,1-3H3/b10-7-,11-8-,19-16-,20-17-,26-24-,27-25-,32-30-,33-31-. The van der Waals surface area contributed by atoms with Crippen molar-refractivity contribution >= 4 is 17.9 Å². The molecule has 0 bridgehead atoms. The third kappa shape index (κ3) is 53.2. The van der Waals surface area contributed by atoms with Gasteiger partial charge in [-0.15, -0.1) is 0 Å². The summed E-state index contributed by atoms with van der Waals surface area (Å²) in [5.74, 6) is -0.915. The van der Waals surface area contributed by atoms with E-state index in [-0.39, 0.29) is 31.1 Å². The van der Waals surface area contributed by atoms with Crippen molar-refractivity contribution in [1.29, 1.82) is 0 Å². The average molecular weight is 931 g/mol. The molecule has 0 aromatic rings. The minimum absolute atomic E-state index is 0.0872. The SMILES string of the molecule is CC/C=C\C/C=C\C/C=C\C/C=C\CCCCCCCCC(=O)OCC(COC(=O)CCCCCCCCCCCCC)OC(=O)CCCCCCCC/C=C\C/C=C\C/C=C\C/C=C\CC. The van der Waals surface area contributed by atoms with Gasteiger partial charge in [0.05, 0.1) is 0 Å². The van der Waals surface area contributed by atoms with Crippen molar-refractivity contribution in [2.45, 2.75) is 258 Å². The maximum absolute atomic E-state index is 12.8. The first-order valence-electron chi connectivity index (χ1n) is 27.7. The molecular formula is C61H102O6. The lowest BCUT2D eigenvalue weighted by molar-refractivity contribution is -0.167. The lowest BCUT2D eigenvalue weighted by Crippen LogP contribution is -2.30. The highest BCUT2D eigenvalue weighted by atomic mass is 16.6. The van der Waals surface area contributed by atoms with Gasteiger partial charge in [0.2, 0.25) is 0 Å². The predicted molar refractivity (Wildman–Crippen MR) is 288 cm³/mol. The molecule has 6 nitrogen and oxygen atoms in total. The van der Waals surface area contributed by atoms with E-state index in [0.29, 0.717) is 19.3 Å². The quantitative estimate of drug-likeness (QED) is 0.0262. The number of hydrogen-bond acceptors (Lipinski definition) is 6. The molecule has 0 aromatic heterocycles. The van der Waals surface area contributed by atoms with Crippen LogP contribution >= 0.6 is 0 Å². The third-order valence-corrected chi connectivity index (χ3v) is 11.6. The zero-order valence-corrected chi connectivity index (χ0v) is 43.6. The molecule has 0 aliphatic carbocycles. The van der Waals surface area contributed by atoms with Gasteiger partial charge >= 0.3 is 17.9 Å². The summed E-state index contributed by atoms with van der Waals surface area (Å²) in [4.78, 5) is 38.1. The summed E-state index contributed by atoms with van der Waals surface area (Å²) in [5.41, 5.74) is 0. The normalized spacial score (nSPS) is 12.8. The lowest BCUT2D eigenvalue weighted by Gasteiger charge is -2.18. The number of allylic oxidation sites excluding steroid dienone is 16. The predicted octanol–water partition coefficient (Wildman–Crippen LogP) is 18.5. The molecule has 0 saturated carbocycles. The van der Waals surface area contributed by atoms with E-state index < -0.39 is 6.10 Å². The Kier molecular flexibility index (Phi) is 51.9. The van der Waals surface area contributed by atoms with E-state index in [1.807, 2.05) is 0 Å². The Labute approximate surface area is 413 Å². The van der Waals surface area contributed by atoms with Crippen LogP contribution in [0.25, 0.3) is 0 Å². The molecule has 1 atom stereocenters. The van der Waals surface area contributed by atoms with Gasteiger partial charge in [-0.05, 0) is 96.3 Å². The van der Waals surface area contributed by atoms with Crippen LogP contribution in [0.3, 0.4) is 0 Å². The second-order valence-corrected chi connectivity index (χ2v) is 18.1. The van der Waals surface area contributed by atoms with E-state index in [4.69, 9.17) is 14.2 Å². The van der Waals surface area contributed by atoms with Crippen LogP contribution in [0.4, 0.5) is 0 Å². The Morgan fingerprint density at radius 3 is 0.910 bits per heavy atom. The van der Waals surface area contributed by atoms with Crippen LogP contribution in [-0.4, -0.2) is 37.2 Å². The second-order valence-electron chi connectivity index (χ2n) is 18.1. The Morgan fingerprint density at radius 2 is 0.582 bits per heavy atom. The highest BCUT2D eigenvalue weighted by molar-refractivity contribution is 5.71. The van der Waals surface area contributed by atoms with Crippen molar-refractivity contribution in [1.82, 2.24) is 0 Å². The van der Waals surface area contributed by atoms with E-state index in [1.54, 1.807) is 0 Å². The Morgan fingerprint density at radius 1 is 0.313 bits per heavy atom. The van der Waals surface area contributed by atoms with E-state index in [2.05, 4.69) is 118 Å². The zero-order valence-electron chi connectivity index (χ0n) is 43.6. The van der Waals surface area contributed by atoms with Gasteiger partial charge in [-0.25, -0.2) is 0 Å². The van der Waals surface area contributed by atoms with Gasteiger partial charge in [-0.1, -0.05) is 234 Å². The molecule has 0 aliphatic rings. The molecule has 0 amide bonds. The van der Waals surface area contributed by atoms with Crippen LogP contribution in [0.1, 0.15) is 252 Å². The third-order valence-electron chi connectivity index (χ3n) is 11.6. The molecule has 0 N–H and O–H groups in total. The summed E-state index contributed by atoms with van der Waals surface area (Å²) in [6.45, 7) is 6.39. The molecule has 382 valence electrons. The highest BCUT2D eigenvalue weighted by Crippen LogP contribution is 2.15. The molecule has 1 unspecified atom stereocenters. The number of ether oxygens (including phenoxy) is 3. The van der Waals surface area contributed by atoms with Crippen LogP contribution in [0.2, 0.25) is 0 Å². The van der Waals surface area contributed by atoms with Gasteiger partial charge in [0.25, 0.3) is 0 Å². The molecule has 0 aromatic carbocycles. The fraction of sp³-hybridized carbons (Fsp3) is 0.689. The van der Waals surface area contributed by atoms with Crippen molar-refractivity contribution in [3.63, 3.8) is 0 Å². The topological polar surface area (TPSA) is 78.9 Å². The van der Waals surface area contributed by atoms with E-state index in [9.17, 15) is 14.4 Å². The van der Waals surface area contributed by atoms with Crippen molar-refractivity contribution in [3.05, 3.63) is 97.2 Å². The number of carbonyl (C=O) groups excluding carboxylic acids is 3. The van der Waals surface area contributed by atoms with Gasteiger partial charge in [0, 0.05) is 19.3 Å². The van der Waals surface area contributed by atoms with Crippen molar-refractivity contribution in [3.8, 4) is 0 Å². The van der Waals surface area contributed by atoms with Crippen LogP contribution in [-0.2, 0) is 28.6 Å². The van der Waals surface area contributed by atoms with Crippen LogP contribution in [0.15, 0.2) is 97.2 Å².